The molecule has 0 saturated heterocycles. The molecule has 0 fully saturated rings. The minimum absolute atomic E-state index is 0.0965. The van der Waals surface area contributed by atoms with Gasteiger partial charge in [0.15, 0.2) is 0 Å². The van der Waals surface area contributed by atoms with E-state index < -0.39 is 5.43 Å². The van der Waals surface area contributed by atoms with Crippen molar-refractivity contribution in [3.05, 3.63) is 33.8 Å². The molecule has 13 heavy (non-hydrogen) atoms. The normalized spacial score (nSPS) is 9.77. The van der Waals surface area contributed by atoms with Gasteiger partial charge in [-0.05, 0) is 17.7 Å². The first-order chi connectivity index (χ1) is 6.09. The van der Waals surface area contributed by atoms with Crippen LogP contribution in [0.15, 0.2) is 18.2 Å². The Morgan fingerprint density at radius 1 is 1.31 bits per heavy atom. The van der Waals surface area contributed by atoms with Crippen molar-refractivity contribution in [2.75, 3.05) is 0 Å². The lowest BCUT2D eigenvalue weighted by molar-refractivity contribution is 0.167. The van der Waals surface area contributed by atoms with Crippen LogP contribution >= 0.6 is 34.8 Å². The van der Waals surface area contributed by atoms with Crippen LogP contribution in [-0.2, 0) is 11.3 Å². The van der Waals surface area contributed by atoms with Gasteiger partial charge in [0.25, 0.3) is 0 Å². The summed E-state index contributed by atoms with van der Waals surface area (Å²) in [6.07, 6.45) is 0. The molecule has 0 aromatic heterocycles. The van der Waals surface area contributed by atoms with E-state index in [1.54, 1.807) is 18.2 Å². The lowest BCUT2D eigenvalue weighted by Crippen LogP contribution is -1.94. The first-order valence-corrected chi connectivity index (χ1v) is 4.49. The van der Waals surface area contributed by atoms with Gasteiger partial charge in [0, 0.05) is 11.6 Å². The van der Waals surface area contributed by atoms with E-state index in [-0.39, 0.29) is 6.61 Å². The molecule has 0 aliphatic rings. The molecular weight excluding hydrogens is 234 g/mol. The highest BCUT2D eigenvalue weighted by Gasteiger charge is 2.01. The second kappa shape index (κ2) is 4.70. The van der Waals surface area contributed by atoms with Crippen molar-refractivity contribution in [2.24, 2.45) is 0 Å². The van der Waals surface area contributed by atoms with Gasteiger partial charge in [-0.3, -0.25) is 0 Å². The highest BCUT2D eigenvalue weighted by Crippen LogP contribution is 2.22. The zero-order valence-electron chi connectivity index (χ0n) is 6.39. The third kappa shape index (κ3) is 3.43. The van der Waals surface area contributed by atoms with Crippen molar-refractivity contribution in [1.29, 1.82) is 0 Å². The lowest BCUT2D eigenvalue weighted by atomic mass is 10.2. The molecule has 5 heteroatoms. The van der Waals surface area contributed by atoms with Crippen LogP contribution in [0.4, 0.5) is 4.79 Å². The van der Waals surface area contributed by atoms with Gasteiger partial charge in [0.05, 0.1) is 10.0 Å². The number of benzene rings is 1. The van der Waals surface area contributed by atoms with E-state index in [9.17, 15) is 4.79 Å². The number of carbonyl (C=O) groups is 1. The smallest absolute Gasteiger partial charge is 0.404 e. The van der Waals surface area contributed by atoms with Crippen LogP contribution in [0, 0.1) is 0 Å². The van der Waals surface area contributed by atoms with Gasteiger partial charge >= 0.3 is 5.43 Å². The summed E-state index contributed by atoms with van der Waals surface area (Å²) in [5.41, 5.74) is -0.102. The standard InChI is InChI=1S/C8H5Cl3O2/c9-6-2-1-5(3-7(6)10)4-13-8(11)12/h1-3H,4H2. The topological polar surface area (TPSA) is 26.3 Å². The van der Waals surface area contributed by atoms with Gasteiger partial charge in [-0.15, -0.1) is 0 Å². The Kier molecular flexibility index (Phi) is 3.85. The molecule has 0 radical (unpaired) electrons. The van der Waals surface area contributed by atoms with E-state index in [1.807, 2.05) is 0 Å². The number of hydrogen-bond donors (Lipinski definition) is 0. The average molecular weight is 239 g/mol. The number of halogens is 3. The van der Waals surface area contributed by atoms with Crippen molar-refractivity contribution in [1.82, 2.24) is 0 Å². The van der Waals surface area contributed by atoms with Gasteiger partial charge < -0.3 is 4.74 Å². The molecule has 0 spiro atoms. The molecule has 0 unspecified atom stereocenters. The van der Waals surface area contributed by atoms with Crippen molar-refractivity contribution in [3.8, 4) is 0 Å². The predicted molar refractivity (Wildman–Crippen MR) is 52.5 cm³/mol. The molecule has 2 nitrogen and oxygen atoms in total. The van der Waals surface area contributed by atoms with Crippen LogP contribution in [0.5, 0.6) is 0 Å². The van der Waals surface area contributed by atoms with E-state index in [0.717, 1.165) is 5.56 Å². The first kappa shape index (κ1) is 10.6. The highest BCUT2D eigenvalue weighted by molar-refractivity contribution is 6.61. The molecule has 1 aromatic carbocycles. The van der Waals surface area contributed by atoms with Crippen molar-refractivity contribution >= 4 is 40.2 Å². The minimum atomic E-state index is -0.842. The molecule has 70 valence electrons. The number of ether oxygens (including phenoxy) is 1. The zero-order valence-corrected chi connectivity index (χ0v) is 8.66. The zero-order chi connectivity index (χ0) is 9.84. The van der Waals surface area contributed by atoms with Crippen LogP contribution in [0.25, 0.3) is 0 Å². The highest BCUT2D eigenvalue weighted by atomic mass is 35.5. The number of carbonyl (C=O) groups excluding carboxylic acids is 1. The van der Waals surface area contributed by atoms with Gasteiger partial charge in [-0.25, -0.2) is 4.79 Å². The van der Waals surface area contributed by atoms with Crippen molar-refractivity contribution < 1.29 is 9.53 Å². The molecule has 1 rings (SSSR count). The van der Waals surface area contributed by atoms with Crippen LogP contribution in [0.3, 0.4) is 0 Å². The molecule has 0 aliphatic heterocycles. The molecule has 0 amide bonds. The summed E-state index contributed by atoms with van der Waals surface area (Å²) in [4.78, 5) is 10.3. The lowest BCUT2D eigenvalue weighted by Gasteiger charge is -2.02. The Morgan fingerprint density at radius 2 is 2.00 bits per heavy atom. The van der Waals surface area contributed by atoms with Crippen LogP contribution < -0.4 is 0 Å². The second-order valence-corrected chi connectivity index (χ2v) is 3.40. The third-order valence-electron chi connectivity index (χ3n) is 1.34. The maximum atomic E-state index is 10.3. The van der Waals surface area contributed by atoms with Crippen LogP contribution in [0.2, 0.25) is 10.0 Å². The Balaban J connectivity index is 2.68. The minimum Gasteiger partial charge on any atom is -0.449 e. The molecule has 0 atom stereocenters. The summed E-state index contributed by atoms with van der Waals surface area (Å²) >= 11 is 16.4. The first-order valence-electron chi connectivity index (χ1n) is 3.36. The Bertz CT molecular complexity index is 325. The fourth-order valence-electron chi connectivity index (χ4n) is 0.769. The molecular formula is C8H5Cl3O2. The molecule has 0 aliphatic carbocycles. The number of hydrogen-bond acceptors (Lipinski definition) is 2. The summed E-state index contributed by atoms with van der Waals surface area (Å²) in [5.74, 6) is 0. The van der Waals surface area contributed by atoms with Crippen molar-refractivity contribution in [2.45, 2.75) is 6.61 Å². The van der Waals surface area contributed by atoms with Crippen LogP contribution in [0.1, 0.15) is 5.56 Å². The molecule has 0 heterocycles. The van der Waals surface area contributed by atoms with E-state index in [1.165, 1.54) is 0 Å². The molecule has 1 aromatic rings. The van der Waals surface area contributed by atoms with Crippen LogP contribution in [-0.4, -0.2) is 5.43 Å². The van der Waals surface area contributed by atoms with Gasteiger partial charge in [-0.1, -0.05) is 29.3 Å². The largest absolute Gasteiger partial charge is 0.449 e. The summed E-state index contributed by atoms with van der Waals surface area (Å²) < 4.78 is 4.55. The second-order valence-electron chi connectivity index (χ2n) is 2.27. The van der Waals surface area contributed by atoms with Gasteiger partial charge in [-0.2, -0.15) is 0 Å². The fraction of sp³-hybridized carbons (Fsp3) is 0.125. The summed E-state index contributed by atoms with van der Waals surface area (Å²) in [6, 6.07) is 4.94. The van der Waals surface area contributed by atoms with E-state index in [2.05, 4.69) is 4.74 Å². The summed E-state index contributed by atoms with van der Waals surface area (Å²) in [5, 5.41) is 0.882. The van der Waals surface area contributed by atoms with E-state index in [0.29, 0.717) is 10.0 Å². The molecule has 0 saturated carbocycles. The average Bonchev–Trinajstić information content (AvgIpc) is 2.07. The molecule has 0 bridgehead atoms. The molecule has 0 N–H and O–H groups in total. The predicted octanol–water partition coefficient (Wildman–Crippen LogP) is 3.87. The van der Waals surface area contributed by atoms with E-state index >= 15 is 0 Å². The quantitative estimate of drug-likeness (QED) is 0.732. The SMILES string of the molecule is O=C(Cl)OCc1ccc(Cl)c(Cl)c1. The Labute approximate surface area is 90.3 Å². The third-order valence-corrected chi connectivity index (χ3v) is 2.18. The van der Waals surface area contributed by atoms with Gasteiger partial charge in [0.1, 0.15) is 6.61 Å². The Hall–Kier alpha value is -0.440. The number of rotatable bonds is 2. The maximum Gasteiger partial charge on any atom is 0.404 e. The fourth-order valence-corrected chi connectivity index (χ4v) is 1.14. The Morgan fingerprint density at radius 3 is 2.54 bits per heavy atom. The summed E-state index contributed by atoms with van der Waals surface area (Å²) in [6.45, 7) is 0.0965. The summed E-state index contributed by atoms with van der Waals surface area (Å²) in [7, 11) is 0. The van der Waals surface area contributed by atoms with Crippen molar-refractivity contribution in [3.63, 3.8) is 0 Å². The maximum absolute atomic E-state index is 10.3. The monoisotopic (exact) mass is 238 g/mol. The van der Waals surface area contributed by atoms with E-state index in [4.69, 9.17) is 34.8 Å². The van der Waals surface area contributed by atoms with Gasteiger partial charge in [0.2, 0.25) is 0 Å².